The first-order chi connectivity index (χ1) is 11.6. The average Bonchev–Trinajstić information content (AvgIpc) is 3.19. The van der Waals surface area contributed by atoms with Gasteiger partial charge in [-0.15, -0.1) is 11.3 Å². The number of benzene rings is 1. The molecule has 2 fully saturated rings. The molecule has 2 aliphatic heterocycles. The van der Waals surface area contributed by atoms with E-state index in [4.69, 9.17) is 11.6 Å². The lowest BCUT2D eigenvalue weighted by Gasteiger charge is -2.42. The van der Waals surface area contributed by atoms with Crippen molar-refractivity contribution in [1.82, 2.24) is 14.8 Å². The number of aromatic nitrogens is 1. The zero-order valence-electron chi connectivity index (χ0n) is 12.9. The molecule has 0 aliphatic carbocycles. The largest absolute Gasteiger partial charge is 0.340 e. The van der Waals surface area contributed by atoms with Gasteiger partial charge in [-0.3, -0.25) is 9.59 Å². The molecular weight excluding hydrogens is 346 g/mol. The minimum absolute atomic E-state index is 0.0236. The normalized spacial score (nSPS) is 22.2. The molecule has 24 heavy (non-hydrogen) atoms. The SMILES string of the molecule is O=C(Cc1ccc(Cl)cc1)N1C[C@H]2CN(C(=O)c3cscn3)[C@@H]2C1. The molecular formula is C17H16ClN3O2S. The first-order valence-corrected chi connectivity index (χ1v) is 9.15. The number of nitrogens with zero attached hydrogens (tertiary/aromatic N) is 3. The van der Waals surface area contributed by atoms with Gasteiger partial charge in [-0.1, -0.05) is 23.7 Å². The second kappa shape index (κ2) is 6.18. The van der Waals surface area contributed by atoms with Gasteiger partial charge in [0.05, 0.1) is 18.0 Å². The summed E-state index contributed by atoms with van der Waals surface area (Å²) in [6.07, 6.45) is 0.372. The third-order valence-electron chi connectivity index (χ3n) is 4.77. The molecule has 2 amide bonds. The molecule has 2 aromatic rings. The van der Waals surface area contributed by atoms with Crippen LogP contribution in [0, 0.1) is 5.92 Å². The number of amides is 2. The van der Waals surface area contributed by atoms with Crippen LogP contribution in [0.25, 0.3) is 0 Å². The van der Waals surface area contributed by atoms with Crippen molar-refractivity contribution >= 4 is 34.8 Å². The summed E-state index contributed by atoms with van der Waals surface area (Å²) in [7, 11) is 0. The van der Waals surface area contributed by atoms with E-state index in [0.29, 0.717) is 36.1 Å². The minimum atomic E-state index is -0.0236. The molecule has 4 rings (SSSR count). The van der Waals surface area contributed by atoms with Gasteiger partial charge in [0.15, 0.2) is 0 Å². The van der Waals surface area contributed by atoms with Gasteiger partial charge in [-0.2, -0.15) is 0 Å². The van der Waals surface area contributed by atoms with Crippen LogP contribution in [0.15, 0.2) is 35.2 Å². The standard InChI is InChI=1S/C17H16ClN3O2S/c18-13-3-1-11(2-4-13)5-16(22)20-6-12-7-21(15(12)8-20)17(23)14-9-24-10-19-14/h1-4,9-10,12,15H,5-8H2/t12-,15+/m0/s1. The number of carbonyl (C=O) groups is 2. The van der Waals surface area contributed by atoms with E-state index in [9.17, 15) is 9.59 Å². The third-order valence-corrected chi connectivity index (χ3v) is 5.61. The molecule has 5 nitrogen and oxygen atoms in total. The fraction of sp³-hybridized carbons (Fsp3) is 0.353. The Hall–Kier alpha value is -1.92. The Bertz CT molecular complexity index is 763. The summed E-state index contributed by atoms with van der Waals surface area (Å²) in [5.74, 6) is 0.471. The average molecular weight is 362 g/mol. The highest BCUT2D eigenvalue weighted by Crippen LogP contribution is 2.33. The van der Waals surface area contributed by atoms with Crippen molar-refractivity contribution in [2.45, 2.75) is 12.5 Å². The number of thiazole rings is 1. The highest BCUT2D eigenvalue weighted by molar-refractivity contribution is 7.07. The maximum absolute atomic E-state index is 12.5. The summed E-state index contributed by atoms with van der Waals surface area (Å²) in [5.41, 5.74) is 3.13. The van der Waals surface area contributed by atoms with E-state index < -0.39 is 0 Å². The Morgan fingerprint density at radius 2 is 2.00 bits per heavy atom. The van der Waals surface area contributed by atoms with Crippen LogP contribution in [0.4, 0.5) is 0 Å². The molecule has 0 bridgehead atoms. The van der Waals surface area contributed by atoms with E-state index >= 15 is 0 Å². The second-order valence-electron chi connectivity index (χ2n) is 6.26. The van der Waals surface area contributed by atoms with Crippen molar-refractivity contribution in [3.8, 4) is 0 Å². The molecule has 0 saturated carbocycles. The van der Waals surface area contributed by atoms with Gasteiger partial charge in [0.2, 0.25) is 5.91 Å². The summed E-state index contributed by atoms with van der Waals surface area (Å²) < 4.78 is 0. The Balaban J connectivity index is 1.37. The number of fused-ring (bicyclic) bond motifs is 1. The van der Waals surface area contributed by atoms with E-state index in [2.05, 4.69) is 4.98 Å². The molecule has 0 unspecified atom stereocenters. The van der Waals surface area contributed by atoms with Crippen LogP contribution in [0.1, 0.15) is 16.1 Å². The van der Waals surface area contributed by atoms with Crippen molar-refractivity contribution in [1.29, 1.82) is 0 Å². The molecule has 7 heteroatoms. The van der Waals surface area contributed by atoms with Crippen molar-refractivity contribution in [2.75, 3.05) is 19.6 Å². The Labute approximate surface area is 148 Å². The quantitative estimate of drug-likeness (QED) is 0.843. The van der Waals surface area contributed by atoms with Gasteiger partial charge in [0.25, 0.3) is 5.91 Å². The maximum atomic E-state index is 12.5. The van der Waals surface area contributed by atoms with Crippen LogP contribution in [0.2, 0.25) is 5.02 Å². The van der Waals surface area contributed by atoms with Gasteiger partial charge in [0.1, 0.15) is 5.69 Å². The zero-order valence-corrected chi connectivity index (χ0v) is 14.5. The molecule has 124 valence electrons. The second-order valence-corrected chi connectivity index (χ2v) is 7.42. The van der Waals surface area contributed by atoms with E-state index in [1.165, 1.54) is 11.3 Å². The van der Waals surface area contributed by atoms with Gasteiger partial charge in [-0.05, 0) is 17.7 Å². The van der Waals surface area contributed by atoms with Crippen LogP contribution in [-0.4, -0.2) is 52.3 Å². The predicted octanol–water partition coefficient (Wildman–Crippen LogP) is 2.32. The molecule has 1 aromatic carbocycles. The fourth-order valence-corrected chi connectivity index (χ4v) is 4.08. The highest BCUT2D eigenvalue weighted by Gasteiger charge is 2.49. The lowest BCUT2D eigenvalue weighted by Crippen LogP contribution is -2.58. The smallest absolute Gasteiger partial charge is 0.273 e. The lowest BCUT2D eigenvalue weighted by molar-refractivity contribution is -0.129. The zero-order chi connectivity index (χ0) is 16.7. The topological polar surface area (TPSA) is 53.5 Å². The van der Waals surface area contributed by atoms with Crippen LogP contribution < -0.4 is 0 Å². The number of likely N-dealkylation sites (tertiary alicyclic amines) is 2. The van der Waals surface area contributed by atoms with E-state index in [1.807, 2.05) is 21.9 Å². The number of halogens is 1. The van der Waals surface area contributed by atoms with Gasteiger partial charge < -0.3 is 9.80 Å². The summed E-state index contributed by atoms with van der Waals surface area (Å²) in [5, 5.41) is 2.44. The van der Waals surface area contributed by atoms with Gasteiger partial charge in [-0.25, -0.2) is 4.98 Å². The third kappa shape index (κ3) is 2.80. The molecule has 2 atom stereocenters. The molecule has 3 heterocycles. The lowest BCUT2D eigenvalue weighted by atomic mass is 9.92. The van der Waals surface area contributed by atoms with Crippen LogP contribution in [0.3, 0.4) is 0 Å². The minimum Gasteiger partial charge on any atom is -0.340 e. The van der Waals surface area contributed by atoms with Crippen LogP contribution >= 0.6 is 22.9 Å². The van der Waals surface area contributed by atoms with E-state index in [0.717, 1.165) is 12.1 Å². The van der Waals surface area contributed by atoms with E-state index in [-0.39, 0.29) is 17.9 Å². The summed E-state index contributed by atoms with van der Waals surface area (Å²) in [4.78, 5) is 32.7. The Kier molecular flexibility index (Phi) is 4.02. The molecule has 0 spiro atoms. The number of hydrogen-bond donors (Lipinski definition) is 0. The van der Waals surface area contributed by atoms with Crippen molar-refractivity contribution in [3.05, 3.63) is 51.4 Å². The van der Waals surface area contributed by atoms with E-state index in [1.54, 1.807) is 23.0 Å². The van der Waals surface area contributed by atoms with Gasteiger partial charge >= 0.3 is 0 Å². The Morgan fingerprint density at radius 3 is 2.71 bits per heavy atom. The number of carbonyl (C=O) groups excluding carboxylic acids is 2. The first kappa shape index (κ1) is 15.6. The van der Waals surface area contributed by atoms with Crippen LogP contribution in [0.5, 0.6) is 0 Å². The summed E-state index contributed by atoms with van der Waals surface area (Å²) >= 11 is 7.29. The van der Waals surface area contributed by atoms with Gasteiger partial charge in [0, 0.05) is 36.0 Å². The monoisotopic (exact) mass is 361 g/mol. The molecule has 0 N–H and O–H groups in total. The molecule has 2 aliphatic rings. The van der Waals surface area contributed by atoms with Crippen molar-refractivity contribution < 1.29 is 9.59 Å². The number of hydrogen-bond acceptors (Lipinski definition) is 4. The fourth-order valence-electron chi connectivity index (χ4n) is 3.43. The van der Waals surface area contributed by atoms with Crippen molar-refractivity contribution in [3.63, 3.8) is 0 Å². The number of rotatable bonds is 3. The summed E-state index contributed by atoms with van der Waals surface area (Å²) in [6.45, 7) is 2.07. The first-order valence-electron chi connectivity index (χ1n) is 7.83. The van der Waals surface area contributed by atoms with Crippen molar-refractivity contribution in [2.24, 2.45) is 5.92 Å². The van der Waals surface area contributed by atoms with Crippen LogP contribution in [-0.2, 0) is 11.2 Å². The highest BCUT2D eigenvalue weighted by atomic mass is 35.5. The Morgan fingerprint density at radius 1 is 1.21 bits per heavy atom. The predicted molar refractivity (Wildman–Crippen MR) is 92.2 cm³/mol. The molecule has 2 saturated heterocycles. The molecule has 0 radical (unpaired) electrons. The molecule has 1 aromatic heterocycles. The summed E-state index contributed by atoms with van der Waals surface area (Å²) in [6, 6.07) is 7.48. The maximum Gasteiger partial charge on any atom is 0.273 e.